The maximum absolute atomic E-state index is 11.6. The van der Waals surface area contributed by atoms with Crippen LogP contribution in [0.4, 0.5) is 13.2 Å². The van der Waals surface area contributed by atoms with Crippen molar-refractivity contribution < 1.29 is 22.7 Å². The average Bonchev–Trinajstić information content (AvgIpc) is 2.18. The lowest BCUT2D eigenvalue weighted by Gasteiger charge is -2.07. The summed E-state index contributed by atoms with van der Waals surface area (Å²) in [6, 6.07) is 0. The van der Waals surface area contributed by atoms with Crippen molar-refractivity contribution in [2.24, 2.45) is 0 Å². The fraction of sp³-hybridized carbons (Fsp3) is 0.889. The standard InChI is InChI=1S/C9H15BrF3NO2/c10-4-1-2-5-14-8(15)3-6-16-7-9(11,12)13/h1-7H2,(H,14,15). The first-order valence-electron chi connectivity index (χ1n) is 4.93. The lowest BCUT2D eigenvalue weighted by molar-refractivity contribution is -0.174. The van der Waals surface area contributed by atoms with Crippen molar-refractivity contribution in [3.05, 3.63) is 0 Å². The SMILES string of the molecule is O=C(CCOCC(F)(F)F)NCCCCBr. The van der Waals surface area contributed by atoms with Crippen LogP contribution < -0.4 is 5.32 Å². The summed E-state index contributed by atoms with van der Waals surface area (Å²) >= 11 is 3.25. The number of ether oxygens (including phenoxy) is 1. The van der Waals surface area contributed by atoms with Crippen LogP contribution >= 0.6 is 15.9 Å². The van der Waals surface area contributed by atoms with Crippen LogP contribution in [0.25, 0.3) is 0 Å². The summed E-state index contributed by atoms with van der Waals surface area (Å²) in [6.45, 7) is -0.961. The van der Waals surface area contributed by atoms with Crippen LogP contribution in [0.5, 0.6) is 0 Å². The van der Waals surface area contributed by atoms with E-state index in [2.05, 4.69) is 26.0 Å². The quantitative estimate of drug-likeness (QED) is 0.552. The van der Waals surface area contributed by atoms with Crippen LogP contribution in [0, 0.1) is 0 Å². The predicted molar refractivity (Wildman–Crippen MR) is 57.5 cm³/mol. The number of carbonyl (C=O) groups excluding carboxylic acids is 1. The van der Waals surface area contributed by atoms with Crippen molar-refractivity contribution in [1.29, 1.82) is 0 Å². The lowest BCUT2D eigenvalue weighted by atomic mass is 10.3. The minimum atomic E-state index is -4.33. The minimum Gasteiger partial charge on any atom is -0.372 e. The molecule has 0 heterocycles. The van der Waals surface area contributed by atoms with Crippen molar-refractivity contribution in [2.75, 3.05) is 25.1 Å². The van der Waals surface area contributed by atoms with E-state index in [1.807, 2.05) is 0 Å². The van der Waals surface area contributed by atoms with Crippen molar-refractivity contribution >= 4 is 21.8 Å². The summed E-state index contributed by atoms with van der Waals surface area (Å²) in [6.07, 6.45) is -2.57. The van der Waals surface area contributed by atoms with Gasteiger partial charge in [-0.25, -0.2) is 0 Å². The molecule has 96 valence electrons. The van der Waals surface area contributed by atoms with Gasteiger partial charge in [-0.15, -0.1) is 0 Å². The van der Waals surface area contributed by atoms with E-state index in [-0.39, 0.29) is 18.9 Å². The Bertz CT molecular complexity index is 200. The Morgan fingerprint density at radius 3 is 2.56 bits per heavy atom. The Kier molecular flexibility index (Phi) is 8.64. The van der Waals surface area contributed by atoms with Crippen molar-refractivity contribution in [3.8, 4) is 0 Å². The van der Waals surface area contributed by atoms with Gasteiger partial charge in [-0.2, -0.15) is 13.2 Å². The van der Waals surface area contributed by atoms with Gasteiger partial charge in [0.1, 0.15) is 6.61 Å². The van der Waals surface area contributed by atoms with Gasteiger partial charge in [-0.1, -0.05) is 15.9 Å². The van der Waals surface area contributed by atoms with E-state index in [4.69, 9.17) is 0 Å². The van der Waals surface area contributed by atoms with Gasteiger partial charge in [0, 0.05) is 18.3 Å². The predicted octanol–water partition coefficient (Wildman–Crippen LogP) is 2.25. The molecule has 0 aliphatic rings. The molecule has 0 atom stereocenters. The zero-order chi connectivity index (χ0) is 12.4. The number of amides is 1. The van der Waals surface area contributed by atoms with Gasteiger partial charge >= 0.3 is 6.18 Å². The number of rotatable bonds is 8. The fourth-order valence-electron chi connectivity index (χ4n) is 0.888. The fourth-order valence-corrected chi connectivity index (χ4v) is 1.28. The van der Waals surface area contributed by atoms with E-state index < -0.39 is 12.8 Å². The van der Waals surface area contributed by atoms with Gasteiger partial charge in [0.15, 0.2) is 0 Å². The van der Waals surface area contributed by atoms with Crippen LogP contribution in [0.15, 0.2) is 0 Å². The smallest absolute Gasteiger partial charge is 0.372 e. The molecular weight excluding hydrogens is 291 g/mol. The molecule has 0 aliphatic heterocycles. The first kappa shape index (κ1) is 15.7. The second-order valence-corrected chi connectivity index (χ2v) is 3.96. The van der Waals surface area contributed by atoms with E-state index in [1.54, 1.807) is 0 Å². The largest absolute Gasteiger partial charge is 0.411 e. The average molecular weight is 306 g/mol. The Labute approximate surface area is 101 Å². The van der Waals surface area contributed by atoms with E-state index in [1.165, 1.54) is 0 Å². The molecule has 0 rings (SSSR count). The second-order valence-electron chi connectivity index (χ2n) is 3.16. The van der Waals surface area contributed by atoms with Crippen molar-refractivity contribution in [3.63, 3.8) is 0 Å². The van der Waals surface area contributed by atoms with E-state index in [0.29, 0.717) is 6.54 Å². The third kappa shape index (κ3) is 11.8. The molecule has 1 N–H and O–H groups in total. The molecule has 7 heteroatoms. The van der Waals surface area contributed by atoms with Gasteiger partial charge in [0.25, 0.3) is 0 Å². The van der Waals surface area contributed by atoms with E-state index in [9.17, 15) is 18.0 Å². The van der Waals surface area contributed by atoms with Crippen molar-refractivity contribution in [1.82, 2.24) is 5.32 Å². The molecule has 0 bridgehead atoms. The number of hydrogen-bond donors (Lipinski definition) is 1. The normalized spacial score (nSPS) is 11.5. The van der Waals surface area contributed by atoms with Gasteiger partial charge in [0.2, 0.25) is 5.91 Å². The number of nitrogens with one attached hydrogen (secondary N) is 1. The van der Waals surface area contributed by atoms with Crippen molar-refractivity contribution in [2.45, 2.75) is 25.4 Å². The second kappa shape index (κ2) is 8.81. The number of hydrogen-bond acceptors (Lipinski definition) is 2. The molecule has 16 heavy (non-hydrogen) atoms. The Balaban J connectivity index is 3.31. The minimum absolute atomic E-state index is 0.0373. The molecule has 0 aromatic rings. The first-order chi connectivity index (χ1) is 7.45. The number of carbonyl (C=O) groups is 1. The molecule has 0 aromatic heterocycles. The molecule has 1 amide bonds. The zero-order valence-electron chi connectivity index (χ0n) is 8.78. The summed E-state index contributed by atoms with van der Waals surface area (Å²) in [4.78, 5) is 11.0. The number of halogens is 4. The van der Waals surface area contributed by atoms with Gasteiger partial charge in [0.05, 0.1) is 6.61 Å². The third-order valence-corrected chi connectivity index (χ3v) is 2.18. The summed E-state index contributed by atoms with van der Waals surface area (Å²) in [7, 11) is 0. The number of unbranched alkanes of at least 4 members (excludes halogenated alkanes) is 1. The maximum Gasteiger partial charge on any atom is 0.411 e. The Morgan fingerprint density at radius 2 is 2.00 bits per heavy atom. The highest BCUT2D eigenvalue weighted by atomic mass is 79.9. The van der Waals surface area contributed by atoms with Crippen LogP contribution in [-0.4, -0.2) is 37.2 Å². The Hall–Kier alpha value is -0.300. The molecule has 0 radical (unpaired) electrons. The van der Waals surface area contributed by atoms with Gasteiger partial charge < -0.3 is 10.1 Å². The topological polar surface area (TPSA) is 38.3 Å². The van der Waals surface area contributed by atoms with Crippen LogP contribution in [0.1, 0.15) is 19.3 Å². The molecule has 0 unspecified atom stereocenters. The Morgan fingerprint density at radius 1 is 1.31 bits per heavy atom. The molecular formula is C9H15BrF3NO2. The first-order valence-corrected chi connectivity index (χ1v) is 6.05. The van der Waals surface area contributed by atoms with Gasteiger partial charge in [-0.3, -0.25) is 4.79 Å². The molecule has 3 nitrogen and oxygen atoms in total. The summed E-state index contributed by atoms with van der Waals surface area (Å²) in [5, 5.41) is 3.47. The van der Waals surface area contributed by atoms with Crippen LogP contribution in [0.2, 0.25) is 0 Å². The zero-order valence-corrected chi connectivity index (χ0v) is 10.4. The van der Waals surface area contributed by atoms with Crippen LogP contribution in [0.3, 0.4) is 0 Å². The van der Waals surface area contributed by atoms with E-state index >= 15 is 0 Å². The molecule has 0 saturated carbocycles. The third-order valence-electron chi connectivity index (χ3n) is 1.62. The molecule has 0 aromatic carbocycles. The summed E-state index contributed by atoms with van der Waals surface area (Å²) in [5.74, 6) is -0.281. The highest BCUT2D eigenvalue weighted by Crippen LogP contribution is 2.14. The summed E-state index contributed by atoms with van der Waals surface area (Å²) < 4.78 is 39.2. The lowest BCUT2D eigenvalue weighted by Crippen LogP contribution is -2.26. The molecule has 0 fully saturated rings. The maximum atomic E-state index is 11.6. The van der Waals surface area contributed by atoms with Gasteiger partial charge in [-0.05, 0) is 12.8 Å². The van der Waals surface area contributed by atoms with E-state index in [0.717, 1.165) is 18.2 Å². The molecule has 0 aliphatic carbocycles. The molecule has 0 spiro atoms. The highest BCUT2D eigenvalue weighted by Gasteiger charge is 2.27. The summed E-state index contributed by atoms with van der Waals surface area (Å²) in [5.41, 5.74) is 0. The highest BCUT2D eigenvalue weighted by molar-refractivity contribution is 9.09. The number of alkyl halides is 4. The molecule has 0 saturated heterocycles. The monoisotopic (exact) mass is 305 g/mol. The van der Waals surface area contributed by atoms with Crippen LogP contribution in [-0.2, 0) is 9.53 Å².